The molecule has 2 aromatic rings. The number of aromatic nitrogens is 2. The summed E-state index contributed by atoms with van der Waals surface area (Å²) in [4.78, 5) is 29.8. The molecular weight excluding hydrogens is 421 g/mol. The van der Waals surface area contributed by atoms with Crippen molar-refractivity contribution in [2.24, 2.45) is 4.99 Å². The van der Waals surface area contributed by atoms with Crippen molar-refractivity contribution >= 4 is 46.0 Å². The van der Waals surface area contributed by atoms with Crippen molar-refractivity contribution in [1.29, 1.82) is 0 Å². The highest BCUT2D eigenvalue weighted by molar-refractivity contribution is 14.1. The first kappa shape index (κ1) is 15.3. The molecule has 122 valence electrons. The first-order chi connectivity index (χ1) is 11.7. The van der Waals surface area contributed by atoms with Crippen LogP contribution in [0.1, 0.15) is 10.5 Å². The van der Waals surface area contributed by atoms with Gasteiger partial charge < -0.3 is 4.74 Å². The van der Waals surface area contributed by atoms with E-state index in [2.05, 4.69) is 37.6 Å². The molecular formula is C16H14IN5O2. The lowest BCUT2D eigenvalue weighted by Gasteiger charge is -2.36. The number of amides is 1. The predicted molar refractivity (Wildman–Crippen MR) is 99.3 cm³/mol. The predicted octanol–water partition coefficient (Wildman–Crippen LogP) is 2.13. The van der Waals surface area contributed by atoms with Crippen LogP contribution in [0.25, 0.3) is 0 Å². The van der Waals surface area contributed by atoms with Crippen LogP contribution in [-0.4, -0.2) is 46.0 Å². The highest BCUT2D eigenvalue weighted by Crippen LogP contribution is 2.34. The fourth-order valence-corrected chi connectivity index (χ4v) is 3.56. The van der Waals surface area contributed by atoms with Crippen LogP contribution in [0.5, 0.6) is 5.75 Å². The Bertz CT molecular complexity index is 823. The summed E-state index contributed by atoms with van der Waals surface area (Å²) in [5.41, 5.74) is 1.08. The SMILES string of the molecule is COc1ccc(N2C(=O)c3nccnc3N3C2=NCC3CI)cc1. The van der Waals surface area contributed by atoms with Crippen LogP contribution in [0.15, 0.2) is 41.7 Å². The third kappa shape index (κ3) is 2.24. The van der Waals surface area contributed by atoms with Gasteiger partial charge in [0.2, 0.25) is 5.96 Å². The quantitative estimate of drug-likeness (QED) is 0.546. The number of hydrogen-bond donors (Lipinski definition) is 0. The van der Waals surface area contributed by atoms with E-state index >= 15 is 0 Å². The first-order valence-corrected chi connectivity index (χ1v) is 8.96. The van der Waals surface area contributed by atoms with E-state index < -0.39 is 0 Å². The number of methoxy groups -OCH3 is 1. The van der Waals surface area contributed by atoms with Crippen LogP contribution < -0.4 is 14.5 Å². The second-order valence-corrected chi connectivity index (χ2v) is 6.27. The Morgan fingerprint density at radius 2 is 2.00 bits per heavy atom. The van der Waals surface area contributed by atoms with E-state index in [9.17, 15) is 4.79 Å². The van der Waals surface area contributed by atoms with Crippen molar-refractivity contribution < 1.29 is 9.53 Å². The number of guanidine groups is 1. The van der Waals surface area contributed by atoms with Crippen LogP contribution in [0.4, 0.5) is 11.5 Å². The van der Waals surface area contributed by atoms with E-state index in [1.54, 1.807) is 24.4 Å². The summed E-state index contributed by atoms with van der Waals surface area (Å²) < 4.78 is 6.07. The normalized spacial score (nSPS) is 19.0. The van der Waals surface area contributed by atoms with Gasteiger partial charge in [-0.25, -0.2) is 19.9 Å². The zero-order valence-electron chi connectivity index (χ0n) is 12.9. The molecule has 7 nitrogen and oxygen atoms in total. The fraction of sp³-hybridized carbons (Fsp3) is 0.250. The van der Waals surface area contributed by atoms with E-state index in [4.69, 9.17) is 4.74 Å². The number of rotatable bonds is 3. The van der Waals surface area contributed by atoms with E-state index in [1.165, 1.54) is 0 Å². The first-order valence-electron chi connectivity index (χ1n) is 7.43. The number of nitrogens with zero attached hydrogens (tertiary/aromatic N) is 5. The standard InChI is InChI=1S/C16H14IN5O2/c1-24-12-4-2-10(3-5-12)22-15(23)13-14(19-7-6-18-13)21-11(8-17)9-20-16(21)22/h2-7,11H,8-9H2,1H3. The Balaban J connectivity index is 1.84. The minimum Gasteiger partial charge on any atom is -0.497 e. The zero-order valence-corrected chi connectivity index (χ0v) is 15.0. The largest absolute Gasteiger partial charge is 0.497 e. The summed E-state index contributed by atoms with van der Waals surface area (Å²) in [6, 6.07) is 7.51. The molecule has 0 fully saturated rings. The molecule has 1 unspecified atom stereocenters. The average molecular weight is 435 g/mol. The molecule has 0 saturated carbocycles. The Hall–Kier alpha value is -2.23. The number of ether oxygens (including phenoxy) is 1. The van der Waals surface area contributed by atoms with Crippen molar-refractivity contribution in [3.05, 3.63) is 42.4 Å². The summed E-state index contributed by atoms with van der Waals surface area (Å²) in [5, 5.41) is 0. The molecule has 2 aliphatic rings. The number of halogens is 1. The zero-order chi connectivity index (χ0) is 16.7. The number of fused-ring (bicyclic) bond motifs is 3. The van der Waals surface area contributed by atoms with Crippen molar-refractivity contribution in [2.75, 3.05) is 27.9 Å². The van der Waals surface area contributed by atoms with E-state index in [0.29, 0.717) is 24.0 Å². The average Bonchev–Trinajstić information content (AvgIpc) is 3.06. The van der Waals surface area contributed by atoms with Gasteiger partial charge in [-0.3, -0.25) is 9.69 Å². The molecule has 0 bridgehead atoms. The van der Waals surface area contributed by atoms with Gasteiger partial charge >= 0.3 is 0 Å². The fourth-order valence-electron chi connectivity index (χ4n) is 2.89. The molecule has 1 amide bonds. The topological polar surface area (TPSA) is 70.9 Å². The Morgan fingerprint density at radius 3 is 2.71 bits per heavy atom. The van der Waals surface area contributed by atoms with Gasteiger partial charge in [0.05, 0.1) is 25.4 Å². The molecule has 1 aromatic heterocycles. The molecule has 3 heterocycles. The smallest absolute Gasteiger partial charge is 0.287 e. The summed E-state index contributed by atoms with van der Waals surface area (Å²) in [6.45, 7) is 0.633. The van der Waals surface area contributed by atoms with Crippen LogP contribution in [-0.2, 0) is 0 Å². The molecule has 1 atom stereocenters. The number of hydrogen-bond acceptors (Lipinski definition) is 6. The van der Waals surface area contributed by atoms with Crippen molar-refractivity contribution in [3.8, 4) is 5.75 Å². The van der Waals surface area contributed by atoms with Crippen LogP contribution >= 0.6 is 22.6 Å². The van der Waals surface area contributed by atoms with E-state index in [1.807, 2.05) is 29.2 Å². The number of anilines is 2. The van der Waals surface area contributed by atoms with Gasteiger partial charge in [0, 0.05) is 16.8 Å². The highest BCUT2D eigenvalue weighted by atomic mass is 127. The van der Waals surface area contributed by atoms with Gasteiger partial charge in [-0.05, 0) is 24.3 Å². The monoisotopic (exact) mass is 435 g/mol. The number of carbonyl (C=O) groups is 1. The second-order valence-electron chi connectivity index (χ2n) is 5.39. The highest BCUT2D eigenvalue weighted by Gasteiger charge is 2.43. The van der Waals surface area contributed by atoms with Gasteiger partial charge in [0.25, 0.3) is 5.91 Å². The maximum absolute atomic E-state index is 13.0. The van der Waals surface area contributed by atoms with Crippen LogP contribution in [0.3, 0.4) is 0 Å². The van der Waals surface area contributed by atoms with Gasteiger partial charge in [0.1, 0.15) is 5.75 Å². The lowest BCUT2D eigenvalue weighted by Crippen LogP contribution is -2.54. The molecule has 0 radical (unpaired) electrons. The minimum absolute atomic E-state index is 0.171. The third-order valence-electron chi connectivity index (χ3n) is 4.05. The van der Waals surface area contributed by atoms with Crippen molar-refractivity contribution in [3.63, 3.8) is 0 Å². The van der Waals surface area contributed by atoms with E-state index in [0.717, 1.165) is 15.9 Å². The number of carbonyl (C=O) groups excluding carboxylic acids is 1. The molecule has 0 aliphatic carbocycles. The Kier molecular flexibility index (Phi) is 3.83. The maximum atomic E-state index is 13.0. The summed E-state index contributed by atoms with van der Waals surface area (Å²) >= 11 is 2.33. The summed E-state index contributed by atoms with van der Waals surface area (Å²) in [6.07, 6.45) is 3.15. The van der Waals surface area contributed by atoms with Crippen LogP contribution in [0.2, 0.25) is 0 Å². The molecule has 0 N–H and O–H groups in total. The minimum atomic E-state index is -0.215. The molecule has 8 heteroatoms. The number of aliphatic imine (C=N–C) groups is 1. The summed E-state index contributed by atoms with van der Waals surface area (Å²) in [7, 11) is 1.61. The molecule has 0 spiro atoms. The Morgan fingerprint density at radius 1 is 1.25 bits per heavy atom. The summed E-state index contributed by atoms with van der Waals surface area (Å²) in [5.74, 6) is 1.72. The lowest BCUT2D eigenvalue weighted by molar-refractivity contribution is 0.0995. The number of alkyl halides is 1. The molecule has 2 aliphatic heterocycles. The number of benzene rings is 1. The van der Waals surface area contributed by atoms with Gasteiger partial charge in [-0.2, -0.15) is 0 Å². The van der Waals surface area contributed by atoms with Crippen molar-refractivity contribution in [1.82, 2.24) is 9.97 Å². The van der Waals surface area contributed by atoms with Gasteiger partial charge in [-0.1, -0.05) is 22.6 Å². The van der Waals surface area contributed by atoms with Crippen molar-refractivity contribution in [2.45, 2.75) is 6.04 Å². The molecule has 4 rings (SSSR count). The van der Waals surface area contributed by atoms with Gasteiger partial charge in [0.15, 0.2) is 11.5 Å². The molecule has 0 saturated heterocycles. The second kappa shape index (κ2) is 6.00. The third-order valence-corrected chi connectivity index (χ3v) is 5.06. The lowest BCUT2D eigenvalue weighted by atomic mass is 10.2. The molecule has 1 aromatic carbocycles. The van der Waals surface area contributed by atoms with Gasteiger partial charge in [-0.15, -0.1) is 0 Å². The Labute approximate surface area is 152 Å². The molecule has 24 heavy (non-hydrogen) atoms. The maximum Gasteiger partial charge on any atom is 0.287 e. The van der Waals surface area contributed by atoms with Crippen LogP contribution in [0, 0.1) is 0 Å². The van der Waals surface area contributed by atoms with E-state index in [-0.39, 0.29) is 11.9 Å².